The summed E-state index contributed by atoms with van der Waals surface area (Å²) in [4.78, 5) is 24.4. The first kappa shape index (κ1) is 18.7. The van der Waals surface area contributed by atoms with E-state index < -0.39 is 0 Å². The van der Waals surface area contributed by atoms with Crippen molar-refractivity contribution in [3.05, 3.63) is 47.3 Å². The van der Waals surface area contributed by atoms with E-state index in [9.17, 15) is 9.59 Å². The van der Waals surface area contributed by atoms with Crippen molar-refractivity contribution in [2.75, 3.05) is 19.0 Å². The standard InChI is InChI=1S/C18H24N4O3/c1-12-6-5-7-14(13(12)2)20-17(23)10-18(24)21-15(11-25-4)16-8-9-19-22(16)3/h5-9,15H,10-11H2,1-4H3,(H,20,23)(H,21,24). The van der Waals surface area contributed by atoms with E-state index in [1.807, 2.05) is 32.0 Å². The third kappa shape index (κ3) is 4.90. The van der Waals surface area contributed by atoms with Crippen LogP contribution in [0.15, 0.2) is 30.5 Å². The van der Waals surface area contributed by atoms with Gasteiger partial charge >= 0.3 is 0 Å². The molecule has 0 aliphatic rings. The van der Waals surface area contributed by atoms with E-state index in [1.165, 1.54) is 0 Å². The fourth-order valence-electron chi connectivity index (χ4n) is 2.57. The zero-order chi connectivity index (χ0) is 18.4. The van der Waals surface area contributed by atoms with E-state index in [1.54, 1.807) is 31.1 Å². The molecular formula is C18H24N4O3. The maximum absolute atomic E-state index is 12.2. The lowest BCUT2D eigenvalue weighted by Crippen LogP contribution is -2.34. The van der Waals surface area contributed by atoms with Gasteiger partial charge < -0.3 is 15.4 Å². The van der Waals surface area contributed by atoms with Crippen molar-refractivity contribution in [1.82, 2.24) is 15.1 Å². The normalized spacial score (nSPS) is 11.8. The van der Waals surface area contributed by atoms with E-state index in [0.29, 0.717) is 6.61 Å². The molecule has 2 rings (SSSR count). The molecule has 25 heavy (non-hydrogen) atoms. The Morgan fingerprint density at radius 2 is 2.00 bits per heavy atom. The van der Waals surface area contributed by atoms with Gasteiger partial charge in [0.2, 0.25) is 11.8 Å². The molecule has 0 fully saturated rings. The number of benzene rings is 1. The third-order valence-electron chi connectivity index (χ3n) is 4.08. The summed E-state index contributed by atoms with van der Waals surface area (Å²) < 4.78 is 6.82. The minimum absolute atomic E-state index is 0.258. The fourth-order valence-corrected chi connectivity index (χ4v) is 2.57. The largest absolute Gasteiger partial charge is 0.382 e. The van der Waals surface area contributed by atoms with Crippen LogP contribution in [0.25, 0.3) is 0 Å². The van der Waals surface area contributed by atoms with Crippen molar-refractivity contribution in [2.45, 2.75) is 26.3 Å². The van der Waals surface area contributed by atoms with E-state index in [-0.39, 0.29) is 24.3 Å². The molecule has 0 saturated heterocycles. The molecule has 1 aromatic carbocycles. The number of anilines is 1. The molecule has 1 atom stereocenters. The lowest BCUT2D eigenvalue weighted by atomic mass is 10.1. The van der Waals surface area contributed by atoms with Gasteiger partial charge in [-0.25, -0.2) is 0 Å². The number of hydrogen-bond acceptors (Lipinski definition) is 4. The number of methoxy groups -OCH3 is 1. The Kier molecular flexibility index (Phi) is 6.30. The summed E-state index contributed by atoms with van der Waals surface area (Å²) in [5.74, 6) is -0.724. The van der Waals surface area contributed by atoms with Gasteiger partial charge in [-0.3, -0.25) is 14.3 Å². The molecule has 2 N–H and O–H groups in total. The molecule has 2 aromatic rings. The van der Waals surface area contributed by atoms with Crippen LogP contribution in [0.1, 0.15) is 29.3 Å². The Morgan fingerprint density at radius 1 is 1.24 bits per heavy atom. The predicted molar refractivity (Wildman–Crippen MR) is 95.1 cm³/mol. The zero-order valence-electron chi connectivity index (χ0n) is 15.0. The highest BCUT2D eigenvalue weighted by atomic mass is 16.5. The molecule has 0 saturated carbocycles. The summed E-state index contributed by atoms with van der Waals surface area (Å²) in [7, 11) is 3.35. The zero-order valence-corrected chi connectivity index (χ0v) is 15.0. The van der Waals surface area contributed by atoms with Gasteiger partial charge in [0.1, 0.15) is 6.42 Å². The SMILES string of the molecule is COCC(NC(=O)CC(=O)Nc1cccc(C)c1C)c1ccnn1C. The highest BCUT2D eigenvalue weighted by Crippen LogP contribution is 2.18. The molecule has 7 nitrogen and oxygen atoms in total. The van der Waals surface area contributed by atoms with E-state index in [0.717, 1.165) is 22.5 Å². The number of carbonyl (C=O) groups is 2. The molecule has 0 aliphatic heterocycles. The Hall–Kier alpha value is -2.67. The van der Waals surface area contributed by atoms with E-state index in [4.69, 9.17) is 4.74 Å². The van der Waals surface area contributed by atoms with Crippen molar-refractivity contribution in [2.24, 2.45) is 7.05 Å². The smallest absolute Gasteiger partial charge is 0.233 e. The van der Waals surface area contributed by atoms with Crippen LogP contribution in [-0.2, 0) is 21.4 Å². The molecule has 1 heterocycles. The molecule has 0 radical (unpaired) electrons. The number of aromatic nitrogens is 2. The molecule has 134 valence electrons. The highest BCUT2D eigenvalue weighted by Gasteiger charge is 2.19. The number of amides is 2. The van der Waals surface area contributed by atoms with Crippen molar-refractivity contribution in [3.8, 4) is 0 Å². The second-order valence-corrected chi connectivity index (χ2v) is 5.93. The third-order valence-corrected chi connectivity index (χ3v) is 4.08. The topological polar surface area (TPSA) is 85.2 Å². The first-order chi connectivity index (χ1) is 11.9. The van der Waals surface area contributed by atoms with Crippen LogP contribution >= 0.6 is 0 Å². The Labute approximate surface area is 147 Å². The van der Waals surface area contributed by atoms with E-state index in [2.05, 4.69) is 15.7 Å². The van der Waals surface area contributed by atoms with Gasteiger partial charge in [-0.05, 0) is 37.1 Å². The Morgan fingerprint density at radius 3 is 2.64 bits per heavy atom. The minimum Gasteiger partial charge on any atom is -0.382 e. The molecule has 1 unspecified atom stereocenters. The van der Waals surface area contributed by atoms with Gasteiger partial charge in [-0.1, -0.05) is 12.1 Å². The summed E-state index contributed by atoms with van der Waals surface area (Å²) in [5.41, 5.74) is 3.60. The first-order valence-corrected chi connectivity index (χ1v) is 8.04. The fraction of sp³-hybridized carbons (Fsp3) is 0.389. The number of aryl methyl sites for hydroxylation is 2. The second kappa shape index (κ2) is 8.43. The highest BCUT2D eigenvalue weighted by molar-refractivity contribution is 6.04. The number of ether oxygens (including phenoxy) is 1. The number of carbonyl (C=O) groups excluding carboxylic acids is 2. The van der Waals surface area contributed by atoms with Crippen LogP contribution in [-0.4, -0.2) is 35.3 Å². The molecule has 0 aliphatic carbocycles. The lowest BCUT2D eigenvalue weighted by Gasteiger charge is -2.18. The first-order valence-electron chi connectivity index (χ1n) is 8.04. The Bertz CT molecular complexity index is 755. The molecule has 2 amide bonds. The van der Waals surface area contributed by atoms with Crippen LogP contribution in [0, 0.1) is 13.8 Å². The predicted octanol–water partition coefficient (Wildman–Crippen LogP) is 1.87. The van der Waals surface area contributed by atoms with Crippen molar-refractivity contribution < 1.29 is 14.3 Å². The summed E-state index contributed by atoms with van der Waals surface area (Å²) in [6.07, 6.45) is 1.39. The van der Waals surface area contributed by atoms with Crippen LogP contribution in [0.4, 0.5) is 5.69 Å². The van der Waals surface area contributed by atoms with Gasteiger partial charge in [0.05, 0.1) is 18.3 Å². The van der Waals surface area contributed by atoms with Crippen LogP contribution in [0.5, 0.6) is 0 Å². The van der Waals surface area contributed by atoms with Gasteiger partial charge in [-0.15, -0.1) is 0 Å². The second-order valence-electron chi connectivity index (χ2n) is 5.93. The van der Waals surface area contributed by atoms with Gasteiger partial charge in [0, 0.05) is 26.0 Å². The number of hydrogen-bond donors (Lipinski definition) is 2. The monoisotopic (exact) mass is 344 g/mol. The number of nitrogens with one attached hydrogen (secondary N) is 2. The quantitative estimate of drug-likeness (QED) is 0.751. The molecule has 0 bridgehead atoms. The van der Waals surface area contributed by atoms with Gasteiger partial charge in [-0.2, -0.15) is 5.10 Å². The maximum Gasteiger partial charge on any atom is 0.233 e. The molecule has 0 spiro atoms. The lowest BCUT2D eigenvalue weighted by molar-refractivity contribution is -0.127. The molecular weight excluding hydrogens is 320 g/mol. The number of nitrogens with zero attached hydrogens (tertiary/aromatic N) is 2. The van der Waals surface area contributed by atoms with Gasteiger partial charge in [0.15, 0.2) is 0 Å². The van der Waals surface area contributed by atoms with Crippen molar-refractivity contribution >= 4 is 17.5 Å². The van der Waals surface area contributed by atoms with Crippen molar-refractivity contribution in [3.63, 3.8) is 0 Å². The van der Waals surface area contributed by atoms with Gasteiger partial charge in [0.25, 0.3) is 0 Å². The van der Waals surface area contributed by atoms with Crippen LogP contribution < -0.4 is 10.6 Å². The summed E-state index contributed by atoms with van der Waals surface area (Å²) >= 11 is 0. The van der Waals surface area contributed by atoms with Crippen LogP contribution in [0.3, 0.4) is 0 Å². The number of rotatable bonds is 7. The molecule has 1 aromatic heterocycles. The average molecular weight is 344 g/mol. The van der Waals surface area contributed by atoms with E-state index >= 15 is 0 Å². The summed E-state index contributed by atoms with van der Waals surface area (Å²) in [6, 6.07) is 7.11. The van der Waals surface area contributed by atoms with Crippen LogP contribution in [0.2, 0.25) is 0 Å². The maximum atomic E-state index is 12.2. The van der Waals surface area contributed by atoms with Crippen molar-refractivity contribution in [1.29, 1.82) is 0 Å². The average Bonchev–Trinajstić information content (AvgIpc) is 2.97. The Balaban J connectivity index is 1.97. The molecule has 7 heteroatoms. The minimum atomic E-state index is -0.369. The summed E-state index contributed by atoms with van der Waals surface area (Å²) in [5, 5.41) is 9.70. The summed E-state index contributed by atoms with van der Waals surface area (Å²) in [6.45, 7) is 4.20.